The van der Waals surface area contributed by atoms with Gasteiger partial charge < -0.3 is 20.3 Å². The van der Waals surface area contributed by atoms with Crippen LogP contribution in [0, 0.1) is 0 Å². The van der Waals surface area contributed by atoms with Gasteiger partial charge in [-0.05, 0) is 35.6 Å². The number of hydrazine groups is 1. The second-order valence-corrected chi connectivity index (χ2v) is 7.49. The molecule has 5 N–H and O–H groups in total. The second-order valence-electron chi connectivity index (χ2n) is 6.65. The molecule has 3 aromatic rings. The number of benzene rings is 1. The number of aliphatic hydroxyl groups is 1. The topological polar surface area (TPSA) is 119 Å². The van der Waals surface area contributed by atoms with Crippen LogP contribution in [0.3, 0.4) is 0 Å². The van der Waals surface area contributed by atoms with Gasteiger partial charge in [-0.15, -0.1) is 0 Å². The molecule has 160 valence electrons. The van der Waals surface area contributed by atoms with E-state index in [-0.39, 0.29) is 6.54 Å². The van der Waals surface area contributed by atoms with E-state index in [1.807, 2.05) is 0 Å². The zero-order chi connectivity index (χ0) is 22.1. The molecule has 0 aliphatic carbocycles. The molecule has 0 aliphatic rings. The third-order valence-corrected chi connectivity index (χ3v) is 5.42. The van der Waals surface area contributed by atoms with E-state index in [2.05, 4.69) is 4.37 Å². The van der Waals surface area contributed by atoms with Crippen LogP contribution in [0.5, 0.6) is 0 Å². The Morgan fingerprint density at radius 3 is 2.67 bits per heavy atom. The molecule has 0 saturated carbocycles. The van der Waals surface area contributed by atoms with Crippen molar-refractivity contribution in [1.82, 2.24) is 9.38 Å². The Morgan fingerprint density at radius 1 is 1.33 bits per heavy atom. The molecule has 2 aromatic heterocycles. The molecule has 3 rings (SSSR count). The molecule has 2 heterocycles. The van der Waals surface area contributed by atoms with E-state index in [1.54, 1.807) is 30.5 Å². The van der Waals surface area contributed by atoms with Crippen LogP contribution in [-0.2, 0) is 6.54 Å². The van der Waals surface area contributed by atoms with Gasteiger partial charge in [-0.1, -0.05) is 19.1 Å². The molecule has 1 atom stereocenters. The lowest BCUT2D eigenvalue weighted by molar-refractivity contribution is -0.245. The molecule has 7 nitrogen and oxygen atoms in total. The van der Waals surface area contributed by atoms with Gasteiger partial charge in [0.15, 0.2) is 0 Å². The van der Waals surface area contributed by atoms with Crippen LogP contribution >= 0.6 is 11.5 Å². The van der Waals surface area contributed by atoms with Crippen molar-refractivity contribution < 1.29 is 22.7 Å². The third-order valence-electron chi connectivity index (χ3n) is 4.64. The van der Waals surface area contributed by atoms with E-state index in [9.17, 15) is 23.1 Å². The van der Waals surface area contributed by atoms with Gasteiger partial charge in [0, 0.05) is 29.4 Å². The van der Waals surface area contributed by atoms with Gasteiger partial charge in [-0.2, -0.15) is 13.2 Å². The summed E-state index contributed by atoms with van der Waals surface area (Å²) in [6.07, 6.45) is -3.14. The number of hydrogen-bond acceptors (Lipinski definition) is 8. The predicted octanol–water partition coefficient (Wildman–Crippen LogP) is 3.10. The summed E-state index contributed by atoms with van der Waals surface area (Å²) in [6, 6.07) is 8.14. The first-order chi connectivity index (χ1) is 14.0. The largest absolute Gasteiger partial charge is 0.423 e. The highest BCUT2D eigenvalue weighted by Crippen LogP contribution is 2.37. The summed E-state index contributed by atoms with van der Waals surface area (Å²) in [6.45, 7) is 1.13. The zero-order valence-corrected chi connectivity index (χ0v) is 16.6. The fraction of sp³-hybridized carbons (Fsp3) is 0.263. The highest BCUT2D eigenvalue weighted by atomic mass is 32.1. The fourth-order valence-electron chi connectivity index (χ4n) is 2.97. The Bertz CT molecular complexity index is 1130. The summed E-state index contributed by atoms with van der Waals surface area (Å²) in [7, 11) is 0. The van der Waals surface area contributed by atoms with Crippen LogP contribution in [-0.4, -0.2) is 26.3 Å². The highest BCUT2D eigenvalue weighted by molar-refractivity contribution is 7.09. The molecule has 0 saturated heterocycles. The van der Waals surface area contributed by atoms with E-state index in [0.29, 0.717) is 22.1 Å². The Hall–Kier alpha value is -2.89. The number of rotatable bonds is 6. The van der Waals surface area contributed by atoms with Crippen molar-refractivity contribution in [3.63, 3.8) is 0 Å². The minimum atomic E-state index is -4.94. The maximum atomic E-state index is 13.1. The van der Waals surface area contributed by atoms with Crippen molar-refractivity contribution in [2.24, 2.45) is 11.6 Å². The molecule has 0 aliphatic heterocycles. The van der Waals surface area contributed by atoms with Crippen molar-refractivity contribution in [1.29, 1.82) is 0 Å². The average Bonchev–Trinajstić information content (AvgIpc) is 3.19. The number of nitrogens with two attached hydrogens (primary N) is 2. The van der Waals surface area contributed by atoms with Gasteiger partial charge in [0.2, 0.25) is 5.60 Å². The first-order valence-corrected chi connectivity index (χ1v) is 9.58. The first-order valence-electron chi connectivity index (χ1n) is 8.81. The number of halogens is 3. The number of hydrogen-bond donors (Lipinski definition) is 3. The molecule has 0 spiro atoms. The summed E-state index contributed by atoms with van der Waals surface area (Å²) < 4.78 is 48.7. The Kier molecular flexibility index (Phi) is 5.88. The van der Waals surface area contributed by atoms with Crippen molar-refractivity contribution in [2.45, 2.75) is 31.7 Å². The van der Waals surface area contributed by atoms with Gasteiger partial charge in [-0.3, -0.25) is 0 Å². The number of alkyl halides is 3. The smallest absolute Gasteiger partial charge is 0.422 e. The van der Waals surface area contributed by atoms with Gasteiger partial charge in [0.05, 0.1) is 17.1 Å². The number of aromatic nitrogens is 1. The van der Waals surface area contributed by atoms with Crippen molar-refractivity contribution >= 4 is 22.5 Å². The number of fused-ring (bicyclic) bond motifs is 1. The molecule has 11 heteroatoms. The van der Waals surface area contributed by atoms with Crippen LogP contribution in [0.2, 0.25) is 0 Å². The summed E-state index contributed by atoms with van der Waals surface area (Å²) in [5.74, 6) is 5.78. The van der Waals surface area contributed by atoms with Crippen molar-refractivity contribution in [3.8, 4) is 10.4 Å². The summed E-state index contributed by atoms with van der Waals surface area (Å²) in [5, 5.41) is 11.5. The van der Waals surface area contributed by atoms with E-state index < -0.39 is 29.5 Å². The molecule has 1 aromatic carbocycles. The quantitative estimate of drug-likeness (QED) is 0.306. The van der Waals surface area contributed by atoms with Crippen LogP contribution in [0.25, 0.3) is 21.4 Å². The Balaban J connectivity index is 1.90. The molecule has 0 bridgehead atoms. The maximum absolute atomic E-state index is 13.1. The van der Waals surface area contributed by atoms with Crippen LogP contribution in [0.15, 0.2) is 57.6 Å². The Labute approximate surface area is 173 Å². The minimum Gasteiger partial charge on any atom is -0.423 e. The van der Waals surface area contributed by atoms with Crippen molar-refractivity contribution in [3.05, 3.63) is 64.4 Å². The van der Waals surface area contributed by atoms with Crippen molar-refractivity contribution in [2.75, 3.05) is 0 Å². The summed E-state index contributed by atoms with van der Waals surface area (Å²) in [4.78, 5) is 12.7. The zero-order valence-electron chi connectivity index (χ0n) is 15.8. The highest BCUT2D eigenvalue weighted by Gasteiger charge is 2.54. The molecule has 30 heavy (non-hydrogen) atoms. The van der Waals surface area contributed by atoms with Crippen LogP contribution < -0.4 is 17.2 Å². The summed E-state index contributed by atoms with van der Waals surface area (Å²) >= 11 is 1.23. The van der Waals surface area contributed by atoms with Crippen LogP contribution in [0.4, 0.5) is 13.2 Å². The lowest BCUT2D eigenvalue weighted by Crippen LogP contribution is -2.49. The number of nitrogens with zero attached hydrogens (tertiary/aromatic N) is 2. The lowest BCUT2D eigenvalue weighted by Gasteiger charge is -2.30. The predicted molar refractivity (Wildman–Crippen MR) is 107 cm³/mol. The van der Waals surface area contributed by atoms with Crippen LogP contribution in [0.1, 0.15) is 18.9 Å². The SMILES string of the molecule is CCC(O)(/C(N)=C/N(N)Cc1ccc2c(-c3ccns3)cc(=O)oc2c1)C(F)(F)F. The van der Waals surface area contributed by atoms with E-state index in [0.717, 1.165) is 16.1 Å². The minimum absolute atomic E-state index is 0.0389. The molecule has 0 radical (unpaired) electrons. The van der Waals surface area contributed by atoms with E-state index in [4.69, 9.17) is 16.0 Å². The second kappa shape index (κ2) is 8.09. The standard InChI is InChI=1S/C19H19F3N4O3S/c1-2-18(28,19(20,21)22)16(23)10-26(24)9-11-3-4-12-13(15-5-6-25-30-15)8-17(27)29-14(12)7-11/h3-8,10,28H,2,9,23-24H2,1H3/b16-10-. The van der Waals surface area contributed by atoms with Gasteiger partial charge in [-0.25, -0.2) is 15.0 Å². The molecule has 1 unspecified atom stereocenters. The molecular formula is C19H19F3N4O3S. The monoisotopic (exact) mass is 440 g/mol. The molecule has 0 fully saturated rings. The van der Waals surface area contributed by atoms with E-state index in [1.165, 1.54) is 24.5 Å². The third kappa shape index (κ3) is 4.18. The van der Waals surface area contributed by atoms with E-state index >= 15 is 0 Å². The fourth-order valence-corrected chi connectivity index (χ4v) is 3.60. The average molecular weight is 440 g/mol. The first kappa shape index (κ1) is 21.8. The van der Waals surface area contributed by atoms with Gasteiger partial charge in [0.1, 0.15) is 5.58 Å². The van der Waals surface area contributed by atoms with Gasteiger partial charge >= 0.3 is 11.8 Å². The Morgan fingerprint density at radius 2 is 2.07 bits per heavy atom. The lowest BCUT2D eigenvalue weighted by atomic mass is 9.96. The summed E-state index contributed by atoms with van der Waals surface area (Å²) in [5.41, 5.74) is 2.48. The molecule has 0 amide bonds. The van der Waals surface area contributed by atoms with Gasteiger partial charge in [0.25, 0.3) is 0 Å². The maximum Gasteiger partial charge on any atom is 0.422 e. The molecular weight excluding hydrogens is 421 g/mol. The normalized spacial score (nSPS) is 14.7.